The van der Waals surface area contributed by atoms with Gasteiger partial charge in [-0.3, -0.25) is 0 Å². The van der Waals surface area contributed by atoms with Crippen molar-refractivity contribution in [3.8, 4) is 0 Å². The first kappa shape index (κ1) is 15.7. The molecule has 0 aromatic carbocycles. The summed E-state index contributed by atoms with van der Waals surface area (Å²) in [5.74, 6) is 0.824. The highest BCUT2D eigenvalue weighted by molar-refractivity contribution is 4.95. The minimum absolute atomic E-state index is 0.193. The van der Waals surface area contributed by atoms with Gasteiger partial charge in [-0.2, -0.15) is 0 Å². The Morgan fingerprint density at radius 1 is 1.12 bits per heavy atom. The van der Waals surface area contributed by atoms with Crippen LogP contribution in [-0.2, 0) is 0 Å². The second-order valence-electron chi connectivity index (χ2n) is 6.35. The normalized spacial score (nSPS) is 16.2. The number of nitrogens with one attached hydrogen (secondary N) is 1. The molecule has 0 saturated heterocycles. The summed E-state index contributed by atoms with van der Waals surface area (Å²) in [7, 11) is 0. The van der Waals surface area contributed by atoms with Crippen LogP contribution in [0.1, 0.15) is 60.8 Å². The summed E-state index contributed by atoms with van der Waals surface area (Å²) >= 11 is 0. The van der Waals surface area contributed by atoms with Crippen molar-refractivity contribution in [3.05, 3.63) is 12.7 Å². The summed E-state index contributed by atoms with van der Waals surface area (Å²) in [6.45, 7) is 18.6. The Kier molecular flexibility index (Phi) is 6.32. The molecule has 0 radical (unpaired) electrons. The van der Waals surface area contributed by atoms with Crippen molar-refractivity contribution in [2.75, 3.05) is 6.54 Å². The van der Waals surface area contributed by atoms with Gasteiger partial charge in [0, 0.05) is 12.1 Å². The van der Waals surface area contributed by atoms with E-state index in [2.05, 4.69) is 59.5 Å². The molecule has 1 atom stereocenters. The maximum absolute atomic E-state index is 4.02. The topological polar surface area (TPSA) is 12.0 Å². The number of rotatable bonds is 7. The molecule has 0 aliphatic rings. The highest BCUT2D eigenvalue weighted by Gasteiger charge is 2.25. The van der Waals surface area contributed by atoms with E-state index in [1.165, 1.54) is 19.3 Å². The predicted octanol–water partition coefficient (Wildman–Crippen LogP) is 4.39. The van der Waals surface area contributed by atoms with Gasteiger partial charge in [0.2, 0.25) is 0 Å². The van der Waals surface area contributed by atoms with Gasteiger partial charge in [-0.05, 0) is 38.5 Å². The lowest BCUT2D eigenvalue weighted by Crippen LogP contribution is -2.42. The molecule has 96 valence electrons. The molecule has 0 aliphatic heterocycles. The maximum Gasteiger partial charge on any atom is 0.00968 e. The summed E-state index contributed by atoms with van der Waals surface area (Å²) in [6.07, 6.45) is 5.92. The van der Waals surface area contributed by atoms with Crippen LogP contribution < -0.4 is 5.32 Å². The van der Waals surface area contributed by atoms with Crippen molar-refractivity contribution in [1.29, 1.82) is 0 Å². The standard InChI is InChI=1S/C15H31N/c1-8-13(9-2)11-15(7,10-3)12-16-14(4,5)6/h10,13,16H,3,8-9,11-12H2,1-2,4-7H3. The van der Waals surface area contributed by atoms with E-state index in [-0.39, 0.29) is 11.0 Å². The van der Waals surface area contributed by atoms with E-state index in [4.69, 9.17) is 0 Å². The quantitative estimate of drug-likeness (QED) is 0.634. The van der Waals surface area contributed by atoms with E-state index in [0.29, 0.717) is 0 Å². The monoisotopic (exact) mass is 225 g/mol. The highest BCUT2D eigenvalue weighted by Crippen LogP contribution is 2.30. The summed E-state index contributed by atoms with van der Waals surface area (Å²) < 4.78 is 0. The fourth-order valence-corrected chi connectivity index (χ4v) is 1.93. The molecule has 0 amide bonds. The average molecular weight is 225 g/mol. The SMILES string of the molecule is C=CC(C)(CNC(C)(C)C)CC(CC)CC. The fourth-order valence-electron chi connectivity index (χ4n) is 1.93. The molecule has 16 heavy (non-hydrogen) atoms. The summed E-state index contributed by atoms with van der Waals surface area (Å²) in [5.41, 5.74) is 0.419. The Labute approximate surface area is 103 Å². The van der Waals surface area contributed by atoms with Crippen molar-refractivity contribution in [1.82, 2.24) is 5.32 Å². The molecule has 1 heteroatoms. The van der Waals surface area contributed by atoms with E-state index in [1.807, 2.05) is 0 Å². The maximum atomic E-state index is 4.02. The van der Waals surface area contributed by atoms with Gasteiger partial charge in [0.15, 0.2) is 0 Å². The molecule has 0 aromatic heterocycles. The first-order valence-corrected chi connectivity index (χ1v) is 6.65. The Hall–Kier alpha value is -0.300. The highest BCUT2D eigenvalue weighted by atomic mass is 15.0. The van der Waals surface area contributed by atoms with Gasteiger partial charge in [0.05, 0.1) is 0 Å². The van der Waals surface area contributed by atoms with Gasteiger partial charge < -0.3 is 5.32 Å². The number of hydrogen-bond donors (Lipinski definition) is 1. The van der Waals surface area contributed by atoms with Crippen LogP contribution in [0.3, 0.4) is 0 Å². The zero-order valence-electron chi connectivity index (χ0n) is 12.2. The molecule has 0 rings (SSSR count). The molecule has 0 heterocycles. The average Bonchev–Trinajstić information content (AvgIpc) is 2.22. The van der Waals surface area contributed by atoms with E-state index in [1.54, 1.807) is 0 Å². The van der Waals surface area contributed by atoms with Gasteiger partial charge in [-0.25, -0.2) is 0 Å². The molecule has 0 spiro atoms. The van der Waals surface area contributed by atoms with Crippen LogP contribution in [0.4, 0.5) is 0 Å². The van der Waals surface area contributed by atoms with Crippen LogP contribution in [0.2, 0.25) is 0 Å². The van der Waals surface area contributed by atoms with Gasteiger partial charge in [0.1, 0.15) is 0 Å². The van der Waals surface area contributed by atoms with Crippen molar-refractivity contribution < 1.29 is 0 Å². The lowest BCUT2D eigenvalue weighted by molar-refractivity contribution is 0.256. The van der Waals surface area contributed by atoms with Crippen LogP contribution in [0.15, 0.2) is 12.7 Å². The molecule has 1 unspecified atom stereocenters. The van der Waals surface area contributed by atoms with Crippen molar-refractivity contribution >= 4 is 0 Å². The Balaban J connectivity index is 4.35. The molecule has 0 bridgehead atoms. The first-order valence-electron chi connectivity index (χ1n) is 6.65. The van der Waals surface area contributed by atoms with E-state index in [9.17, 15) is 0 Å². The molecule has 1 N–H and O–H groups in total. The van der Waals surface area contributed by atoms with Gasteiger partial charge in [0.25, 0.3) is 0 Å². The lowest BCUT2D eigenvalue weighted by atomic mass is 9.78. The Morgan fingerprint density at radius 3 is 1.94 bits per heavy atom. The molecular formula is C15H31N. The molecular weight excluding hydrogens is 194 g/mol. The third-order valence-corrected chi connectivity index (χ3v) is 3.43. The van der Waals surface area contributed by atoms with Gasteiger partial charge >= 0.3 is 0 Å². The van der Waals surface area contributed by atoms with E-state index in [0.717, 1.165) is 12.5 Å². The Bertz CT molecular complexity index is 198. The van der Waals surface area contributed by atoms with E-state index < -0.39 is 0 Å². The second kappa shape index (κ2) is 6.44. The van der Waals surface area contributed by atoms with Crippen LogP contribution in [-0.4, -0.2) is 12.1 Å². The summed E-state index contributed by atoms with van der Waals surface area (Å²) in [6, 6.07) is 0. The third kappa shape index (κ3) is 6.32. The van der Waals surface area contributed by atoms with Crippen LogP contribution in [0, 0.1) is 11.3 Å². The first-order chi connectivity index (χ1) is 7.26. The summed E-state index contributed by atoms with van der Waals surface area (Å²) in [5, 5.41) is 3.60. The minimum atomic E-state index is 0.193. The molecule has 0 aromatic rings. The van der Waals surface area contributed by atoms with Crippen LogP contribution >= 0.6 is 0 Å². The van der Waals surface area contributed by atoms with Crippen molar-refractivity contribution in [2.24, 2.45) is 11.3 Å². The predicted molar refractivity (Wildman–Crippen MR) is 74.7 cm³/mol. The van der Waals surface area contributed by atoms with E-state index >= 15 is 0 Å². The summed E-state index contributed by atoms with van der Waals surface area (Å²) in [4.78, 5) is 0. The molecule has 1 nitrogen and oxygen atoms in total. The van der Waals surface area contributed by atoms with Crippen molar-refractivity contribution in [2.45, 2.75) is 66.3 Å². The zero-order valence-corrected chi connectivity index (χ0v) is 12.2. The van der Waals surface area contributed by atoms with Crippen molar-refractivity contribution in [3.63, 3.8) is 0 Å². The fraction of sp³-hybridized carbons (Fsp3) is 0.867. The largest absolute Gasteiger partial charge is 0.311 e. The lowest BCUT2D eigenvalue weighted by Gasteiger charge is -2.33. The zero-order chi connectivity index (χ0) is 12.8. The third-order valence-electron chi connectivity index (χ3n) is 3.43. The molecule has 0 saturated carbocycles. The van der Waals surface area contributed by atoms with Gasteiger partial charge in [-0.15, -0.1) is 6.58 Å². The molecule has 0 aliphatic carbocycles. The van der Waals surface area contributed by atoms with Gasteiger partial charge in [-0.1, -0.05) is 39.7 Å². The van der Waals surface area contributed by atoms with Crippen LogP contribution in [0.5, 0.6) is 0 Å². The smallest absolute Gasteiger partial charge is 0.00968 e. The Morgan fingerprint density at radius 2 is 1.62 bits per heavy atom. The van der Waals surface area contributed by atoms with Crippen LogP contribution in [0.25, 0.3) is 0 Å². The number of hydrogen-bond acceptors (Lipinski definition) is 1. The minimum Gasteiger partial charge on any atom is -0.311 e. The molecule has 0 fully saturated rings. The second-order valence-corrected chi connectivity index (χ2v) is 6.35.